The van der Waals surface area contributed by atoms with Crippen LogP contribution in [0.25, 0.3) is 0 Å². The lowest BCUT2D eigenvalue weighted by atomic mass is 9.97. The number of rotatable bonds is 9. The Hall–Kier alpha value is -2.09. The molecule has 0 aliphatic carbocycles. The third kappa shape index (κ3) is 7.21. The summed E-state index contributed by atoms with van der Waals surface area (Å²) in [5.74, 6) is 0.684. The van der Waals surface area contributed by atoms with E-state index in [0.717, 1.165) is 76.6 Å². The van der Waals surface area contributed by atoms with E-state index in [9.17, 15) is 4.79 Å². The summed E-state index contributed by atoms with van der Waals surface area (Å²) in [5.41, 5.74) is 7.70. The first-order valence-corrected chi connectivity index (χ1v) is 9.97. The normalized spacial score (nSPS) is 18.5. The fraction of sp³-hybridized carbons (Fsp3) is 0.737. The lowest BCUT2D eigenvalue weighted by molar-refractivity contribution is -0.123. The second-order valence-electron chi connectivity index (χ2n) is 7.33. The molecular weight excluding hydrogens is 342 g/mol. The van der Waals surface area contributed by atoms with Crippen molar-refractivity contribution in [1.82, 2.24) is 25.3 Å². The van der Waals surface area contributed by atoms with Crippen molar-refractivity contribution in [3.8, 4) is 0 Å². The maximum Gasteiger partial charge on any atom is 0.221 e. The van der Waals surface area contributed by atoms with Crippen molar-refractivity contribution < 1.29 is 4.79 Å². The van der Waals surface area contributed by atoms with Crippen molar-refractivity contribution in [2.45, 2.75) is 46.1 Å². The molecule has 4 N–H and O–H groups in total. The molecule has 0 saturated carbocycles. The van der Waals surface area contributed by atoms with Crippen LogP contribution in [-0.4, -0.2) is 66.3 Å². The van der Waals surface area contributed by atoms with Crippen LogP contribution >= 0.6 is 0 Å². The number of nitrogens with zero attached hydrogens (tertiary/aromatic N) is 4. The molecule has 1 saturated heterocycles. The van der Waals surface area contributed by atoms with Gasteiger partial charge in [0.15, 0.2) is 5.96 Å². The summed E-state index contributed by atoms with van der Waals surface area (Å²) in [7, 11) is 1.79. The Morgan fingerprint density at radius 3 is 2.59 bits per heavy atom. The number of aryl methyl sites for hydroxylation is 3. The zero-order chi connectivity index (χ0) is 19.6. The van der Waals surface area contributed by atoms with Crippen LogP contribution in [0.15, 0.2) is 11.1 Å². The van der Waals surface area contributed by atoms with Gasteiger partial charge in [0.05, 0.1) is 11.6 Å². The summed E-state index contributed by atoms with van der Waals surface area (Å²) in [5, 5.41) is 11.2. The van der Waals surface area contributed by atoms with Crippen molar-refractivity contribution in [3.05, 3.63) is 17.5 Å². The molecule has 8 heteroatoms. The second-order valence-corrected chi connectivity index (χ2v) is 7.33. The Balaban J connectivity index is 1.57. The first kappa shape index (κ1) is 21.2. The van der Waals surface area contributed by atoms with E-state index in [2.05, 4.69) is 38.6 Å². The number of nitrogens with two attached hydrogens (primary N) is 1. The maximum absolute atomic E-state index is 11.3. The number of hydrogen-bond acceptors (Lipinski definition) is 4. The number of piperidine rings is 1. The van der Waals surface area contributed by atoms with Crippen LogP contribution in [0.3, 0.4) is 0 Å². The molecule has 1 unspecified atom stereocenters. The molecule has 1 aliphatic rings. The van der Waals surface area contributed by atoms with E-state index in [1.54, 1.807) is 7.05 Å². The van der Waals surface area contributed by atoms with Gasteiger partial charge in [0.1, 0.15) is 0 Å². The molecule has 27 heavy (non-hydrogen) atoms. The molecule has 0 aromatic carbocycles. The van der Waals surface area contributed by atoms with Crippen molar-refractivity contribution in [1.29, 1.82) is 0 Å². The quantitative estimate of drug-likeness (QED) is 0.333. The monoisotopic (exact) mass is 377 g/mol. The minimum atomic E-state index is -0.164. The summed E-state index contributed by atoms with van der Waals surface area (Å²) in [4.78, 5) is 18.0. The van der Waals surface area contributed by atoms with E-state index in [1.165, 1.54) is 5.69 Å². The third-order valence-corrected chi connectivity index (χ3v) is 5.02. The number of aromatic nitrogens is 2. The highest BCUT2D eigenvalue weighted by molar-refractivity contribution is 5.79. The minimum absolute atomic E-state index is 0.0170. The fourth-order valence-electron chi connectivity index (χ4n) is 3.56. The molecule has 0 spiro atoms. The number of likely N-dealkylation sites (tertiary alicyclic amines) is 1. The molecule has 8 nitrogen and oxygen atoms in total. The zero-order valence-electron chi connectivity index (χ0n) is 17.0. The first-order valence-electron chi connectivity index (χ1n) is 9.97. The van der Waals surface area contributed by atoms with Crippen molar-refractivity contribution in [2.75, 3.05) is 39.8 Å². The van der Waals surface area contributed by atoms with Gasteiger partial charge in [-0.25, -0.2) is 0 Å². The lowest BCUT2D eigenvalue weighted by Gasteiger charge is -2.31. The molecule has 1 atom stereocenters. The third-order valence-electron chi connectivity index (χ3n) is 5.02. The van der Waals surface area contributed by atoms with Gasteiger partial charge in [-0.3, -0.25) is 14.5 Å². The van der Waals surface area contributed by atoms with E-state index >= 15 is 0 Å². The van der Waals surface area contributed by atoms with Crippen molar-refractivity contribution >= 4 is 11.9 Å². The Kier molecular flexibility index (Phi) is 8.57. The zero-order valence-corrected chi connectivity index (χ0v) is 17.0. The number of carbonyl (C=O) groups is 1. The second kappa shape index (κ2) is 10.9. The molecule has 2 rings (SSSR count). The summed E-state index contributed by atoms with van der Waals surface area (Å²) in [6, 6.07) is 2.10. The van der Waals surface area contributed by atoms with E-state index in [4.69, 9.17) is 5.73 Å². The van der Waals surface area contributed by atoms with Crippen LogP contribution in [0.2, 0.25) is 0 Å². The van der Waals surface area contributed by atoms with Crippen LogP contribution < -0.4 is 16.4 Å². The lowest BCUT2D eigenvalue weighted by Crippen LogP contribution is -2.43. The summed E-state index contributed by atoms with van der Waals surface area (Å²) < 4.78 is 2.05. The van der Waals surface area contributed by atoms with Gasteiger partial charge < -0.3 is 21.3 Å². The molecule has 1 aromatic heterocycles. The summed E-state index contributed by atoms with van der Waals surface area (Å²) >= 11 is 0. The summed E-state index contributed by atoms with van der Waals surface area (Å²) in [6.45, 7) is 9.55. The maximum atomic E-state index is 11.3. The average molecular weight is 378 g/mol. The molecule has 152 valence electrons. The Labute approximate surface area is 162 Å². The fourth-order valence-corrected chi connectivity index (χ4v) is 3.56. The predicted octanol–water partition coefficient (Wildman–Crippen LogP) is 0.642. The largest absolute Gasteiger partial charge is 0.369 e. The number of guanidine groups is 1. The van der Waals surface area contributed by atoms with E-state index in [1.807, 2.05) is 11.6 Å². The van der Waals surface area contributed by atoms with E-state index in [-0.39, 0.29) is 11.8 Å². The number of primary amides is 1. The van der Waals surface area contributed by atoms with Gasteiger partial charge in [0.2, 0.25) is 5.91 Å². The molecule has 0 bridgehead atoms. The smallest absolute Gasteiger partial charge is 0.221 e. The van der Waals surface area contributed by atoms with Crippen LogP contribution in [-0.2, 0) is 11.3 Å². The van der Waals surface area contributed by atoms with Crippen LogP contribution in [0, 0.1) is 19.8 Å². The first-order chi connectivity index (χ1) is 13.0. The molecule has 1 aromatic rings. The number of carbonyl (C=O) groups excluding carboxylic acids is 1. The van der Waals surface area contributed by atoms with Crippen LogP contribution in [0.1, 0.15) is 37.1 Å². The average Bonchev–Trinajstić information content (AvgIpc) is 2.97. The standard InChI is InChI=1S/C19H35N7O/c1-15-13-16(2)26(24-15)12-6-9-23-19(21-3)22-8-5-11-25-10-4-7-17(14-25)18(20)27/h13,17H,4-12,14H2,1-3H3,(H2,20,27)(H2,21,22,23). The van der Waals surface area contributed by atoms with Gasteiger partial charge in [0, 0.05) is 38.9 Å². The number of hydrogen-bond donors (Lipinski definition) is 3. The Bertz CT molecular complexity index is 626. The van der Waals surface area contributed by atoms with Crippen LogP contribution in [0.5, 0.6) is 0 Å². The SMILES string of the molecule is CN=C(NCCCN1CCCC(C(N)=O)C1)NCCCn1nc(C)cc1C. The van der Waals surface area contributed by atoms with E-state index in [0.29, 0.717) is 0 Å². The van der Waals surface area contributed by atoms with Crippen LogP contribution in [0.4, 0.5) is 0 Å². The highest BCUT2D eigenvalue weighted by Crippen LogP contribution is 2.15. The molecule has 1 fully saturated rings. The highest BCUT2D eigenvalue weighted by atomic mass is 16.1. The number of aliphatic imine (C=N–C) groups is 1. The van der Waals surface area contributed by atoms with Gasteiger partial charge in [0.25, 0.3) is 0 Å². The highest BCUT2D eigenvalue weighted by Gasteiger charge is 2.23. The molecule has 1 amide bonds. The van der Waals surface area contributed by atoms with Gasteiger partial charge in [-0.05, 0) is 58.7 Å². The topological polar surface area (TPSA) is 101 Å². The molecule has 1 aliphatic heterocycles. The van der Waals surface area contributed by atoms with E-state index < -0.39 is 0 Å². The van der Waals surface area contributed by atoms with Crippen molar-refractivity contribution in [2.24, 2.45) is 16.6 Å². The van der Waals surface area contributed by atoms with Gasteiger partial charge in [-0.1, -0.05) is 0 Å². The van der Waals surface area contributed by atoms with Gasteiger partial charge in [-0.2, -0.15) is 5.10 Å². The Morgan fingerprint density at radius 2 is 2.00 bits per heavy atom. The predicted molar refractivity (Wildman–Crippen MR) is 109 cm³/mol. The van der Waals surface area contributed by atoms with Gasteiger partial charge in [-0.15, -0.1) is 0 Å². The number of amides is 1. The van der Waals surface area contributed by atoms with Gasteiger partial charge >= 0.3 is 0 Å². The van der Waals surface area contributed by atoms with Crippen molar-refractivity contribution in [3.63, 3.8) is 0 Å². The minimum Gasteiger partial charge on any atom is -0.369 e. The Morgan fingerprint density at radius 1 is 1.30 bits per heavy atom. The number of nitrogens with one attached hydrogen (secondary N) is 2. The molecule has 0 radical (unpaired) electrons. The molecule has 2 heterocycles. The molecular formula is C19H35N7O. The summed E-state index contributed by atoms with van der Waals surface area (Å²) in [6.07, 6.45) is 3.99.